The number of nitrogens with one attached hydrogen (secondary N) is 1. The van der Waals surface area contributed by atoms with Crippen LogP contribution in [0.3, 0.4) is 0 Å². The van der Waals surface area contributed by atoms with Crippen LogP contribution in [0.25, 0.3) is 0 Å². The number of carbonyl (C=O) groups is 3. The summed E-state index contributed by atoms with van der Waals surface area (Å²) in [5, 5.41) is 2.49. The number of hydrogen-bond acceptors (Lipinski definition) is 3. The van der Waals surface area contributed by atoms with Crippen molar-refractivity contribution in [3.63, 3.8) is 0 Å². The number of hydrogen-bond donors (Lipinski definition) is 1. The third-order valence-corrected chi connectivity index (χ3v) is 2.74. The average molecular weight is 243 g/mol. The van der Waals surface area contributed by atoms with Gasteiger partial charge in [0.2, 0.25) is 11.7 Å². The zero-order chi connectivity index (χ0) is 13.3. The Morgan fingerprint density at radius 1 is 1.11 bits per heavy atom. The first-order chi connectivity index (χ1) is 8.50. The van der Waals surface area contributed by atoms with E-state index in [1.54, 1.807) is 38.1 Å². The highest BCUT2D eigenvalue weighted by molar-refractivity contribution is 6.25. The molecule has 0 spiro atoms. The molecule has 0 bridgehead atoms. The van der Waals surface area contributed by atoms with E-state index in [-0.39, 0.29) is 29.1 Å². The Hall–Kier alpha value is -2.23. The van der Waals surface area contributed by atoms with Crippen molar-refractivity contribution < 1.29 is 14.4 Å². The molecule has 92 valence electrons. The number of rotatable bonds is 2. The minimum atomic E-state index is -0.320. The first-order valence-corrected chi connectivity index (χ1v) is 5.71. The molecule has 0 unspecified atom stereocenters. The van der Waals surface area contributed by atoms with E-state index in [4.69, 9.17) is 0 Å². The Balaban J connectivity index is 2.34. The lowest BCUT2D eigenvalue weighted by Gasteiger charge is -2.16. The molecule has 0 atom stereocenters. The van der Waals surface area contributed by atoms with E-state index in [0.29, 0.717) is 11.1 Å². The topological polar surface area (TPSA) is 63.2 Å². The standard InChI is InChI=1S/C14H13NO3/c1-8(2)14(18)15-11-7-12(16)9-5-3-4-6-10(9)13(11)17/h3-8H,1-2H3,(H,15,18). The van der Waals surface area contributed by atoms with Crippen molar-refractivity contribution in [1.29, 1.82) is 0 Å². The summed E-state index contributed by atoms with van der Waals surface area (Å²) < 4.78 is 0. The second kappa shape index (κ2) is 4.56. The van der Waals surface area contributed by atoms with Gasteiger partial charge in [-0.05, 0) is 0 Å². The second-order valence-electron chi connectivity index (χ2n) is 4.44. The molecule has 0 aliphatic heterocycles. The van der Waals surface area contributed by atoms with Crippen molar-refractivity contribution in [2.24, 2.45) is 5.92 Å². The van der Waals surface area contributed by atoms with Gasteiger partial charge in [-0.1, -0.05) is 38.1 Å². The zero-order valence-electron chi connectivity index (χ0n) is 10.2. The van der Waals surface area contributed by atoms with Crippen molar-refractivity contribution in [3.8, 4) is 0 Å². The lowest BCUT2D eigenvalue weighted by atomic mass is 9.92. The van der Waals surface area contributed by atoms with Crippen LogP contribution in [-0.4, -0.2) is 17.5 Å². The summed E-state index contributed by atoms with van der Waals surface area (Å²) >= 11 is 0. The molecule has 1 aromatic carbocycles. The fourth-order valence-corrected chi connectivity index (χ4v) is 1.69. The first kappa shape index (κ1) is 12.2. The molecule has 4 nitrogen and oxygen atoms in total. The van der Waals surface area contributed by atoms with Gasteiger partial charge in [-0.15, -0.1) is 0 Å². The van der Waals surface area contributed by atoms with Crippen LogP contribution >= 0.6 is 0 Å². The molecule has 0 heterocycles. The SMILES string of the molecule is CC(C)C(=O)NC1=CC(=O)c2ccccc2C1=O. The minimum absolute atomic E-state index is 0.0531. The maximum atomic E-state index is 12.1. The molecular weight excluding hydrogens is 230 g/mol. The summed E-state index contributed by atoms with van der Waals surface area (Å²) in [6.45, 7) is 3.44. The third-order valence-electron chi connectivity index (χ3n) is 2.74. The molecule has 1 aliphatic carbocycles. The van der Waals surface area contributed by atoms with Crippen LogP contribution in [0.2, 0.25) is 0 Å². The predicted molar refractivity (Wildman–Crippen MR) is 66.2 cm³/mol. The van der Waals surface area contributed by atoms with Crippen molar-refractivity contribution >= 4 is 17.5 Å². The molecule has 1 amide bonds. The number of allylic oxidation sites excluding steroid dienone is 2. The lowest BCUT2D eigenvalue weighted by molar-refractivity contribution is -0.123. The molecule has 0 fully saturated rings. The van der Waals surface area contributed by atoms with E-state index in [9.17, 15) is 14.4 Å². The van der Waals surface area contributed by atoms with Crippen LogP contribution in [0.4, 0.5) is 0 Å². The Labute approximate surface area is 105 Å². The van der Waals surface area contributed by atoms with E-state index in [2.05, 4.69) is 5.32 Å². The molecular formula is C14H13NO3. The van der Waals surface area contributed by atoms with Gasteiger partial charge in [0.25, 0.3) is 0 Å². The van der Waals surface area contributed by atoms with Crippen LogP contribution in [0.5, 0.6) is 0 Å². The van der Waals surface area contributed by atoms with Gasteiger partial charge in [0, 0.05) is 23.1 Å². The third kappa shape index (κ3) is 2.09. The molecule has 1 aromatic rings. The minimum Gasteiger partial charge on any atom is -0.322 e. The van der Waals surface area contributed by atoms with Crippen LogP contribution in [-0.2, 0) is 4.79 Å². The molecule has 18 heavy (non-hydrogen) atoms. The summed E-state index contributed by atoms with van der Waals surface area (Å²) in [4.78, 5) is 35.5. The van der Waals surface area contributed by atoms with Crippen LogP contribution < -0.4 is 5.32 Å². The molecule has 0 saturated heterocycles. The molecule has 0 aromatic heterocycles. The number of carbonyl (C=O) groups excluding carboxylic acids is 3. The maximum Gasteiger partial charge on any atom is 0.227 e. The van der Waals surface area contributed by atoms with E-state index in [0.717, 1.165) is 0 Å². The summed E-state index contributed by atoms with van der Waals surface area (Å²) in [5.41, 5.74) is 0.770. The van der Waals surface area contributed by atoms with Gasteiger partial charge in [0.1, 0.15) is 0 Å². The number of benzene rings is 1. The molecule has 2 rings (SSSR count). The van der Waals surface area contributed by atoms with Crippen LogP contribution in [0.1, 0.15) is 34.6 Å². The van der Waals surface area contributed by atoms with Gasteiger partial charge in [-0.3, -0.25) is 14.4 Å². The Kier molecular flexibility index (Phi) is 3.10. The first-order valence-electron chi connectivity index (χ1n) is 5.71. The predicted octanol–water partition coefficient (Wildman–Crippen LogP) is 1.72. The van der Waals surface area contributed by atoms with E-state index in [1.165, 1.54) is 6.08 Å². The van der Waals surface area contributed by atoms with E-state index in [1.807, 2.05) is 0 Å². The highest BCUT2D eigenvalue weighted by Gasteiger charge is 2.26. The highest BCUT2D eigenvalue weighted by Crippen LogP contribution is 2.19. The van der Waals surface area contributed by atoms with Gasteiger partial charge >= 0.3 is 0 Å². The van der Waals surface area contributed by atoms with E-state index >= 15 is 0 Å². The van der Waals surface area contributed by atoms with Crippen molar-refractivity contribution in [1.82, 2.24) is 5.32 Å². The largest absolute Gasteiger partial charge is 0.322 e. The highest BCUT2D eigenvalue weighted by atomic mass is 16.2. The monoisotopic (exact) mass is 243 g/mol. The Bertz CT molecular complexity index is 570. The van der Waals surface area contributed by atoms with Crippen molar-refractivity contribution in [2.75, 3.05) is 0 Å². The zero-order valence-corrected chi connectivity index (χ0v) is 10.2. The summed E-state index contributed by atoms with van der Waals surface area (Å²) in [5.74, 6) is -1.10. The fourth-order valence-electron chi connectivity index (χ4n) is 1.69. The van der Waals surface area contributed by atoms with Gasteiger partial charge in [-0.25, -0.2) is 0 Å². The van der Waals surface area contributed by atoms with Crippen LogP contribution in [0.15, 0.2) is 36.0 Å². The number of ketones is 2. The summed E-state index contributed by atoms with van der Waals surface area (Å²) in [7, 11) is 0. The van der Waals surface area contributed by atoms with E-state index < -0.39 is 0 Å². The molecule has 0 radical (unpaired) electrons. The lowest BCUT2D eigenvalue weighted by Crippen LogP contribution is -2.33. The van der Waals surface area contributed by atoms with Crippen LogP contribution in [0, 0.1) is 5.92 Å². The van der Waals surface area contributed by atoms with Crippen molar-refractivity contribution in [3.05, 3.63) is 47.2 Å². The van der Waals surface area contributed by atoms with Gasteiger partial charge in [-0.2, -0.15) is 0 Å². The van der Waals surface area contributed by atoms with Gasteiger partial charge in [0.15, 0.2) is 5.78 Å². The normalized spacial score (nSPS) is 14.3. The average Bonchev–Trinajstić information content (AvgIpc) is 2.35. The number of Topliss-reactive ketones (excluding diaryl/α,β-unsaturated/α-hetero) is 1. The number of amides is 1. The molecule has 4 heteroatoms. The quantitative estimate of drug-likeness (QED) is 0.860. The summed E-state index contributed by atoms with van der Waals surface area (Å²) in [6.07, 6.45) is 1.19. The maximum absolute atomic E-state index is 12.1. The van der Waals surface area contributed by atoms with Gasteiger partial charge in [0.05, 0.1) is 5.70 Å². The molecule has 1 aliphatic rings. The second-order valence-corrected chi connectivity index (χ2v) is 4.44. The smallest absolute Gasteiger partial charge is 0.227 e. The fraction of sp³-hybridized carbons (Fsp3) is 0.214. The molecule has 0 saturated carbocycles. The Morgan fingerprint density at radius 2 is 1.72 bits per heavy atom. The van der Waals surface area contributed by atoms with Gasteiger partial charge < -0.3 is 5.32 Å². The number of fused-ring (bicyclic) bond motifs is 1. The Morgan fingerprint density at radius 3 is 2.33 bits per heavy atom. The summed E-state index contributed by atoms with van der Waals surface area (Å²) in [6, 6.07) is 6.59. The van der Waals surface area contributed by atoms with Crippen molar-refractivity contribution in [2.45, 2.75) is 13.8 Å². The molecule has 1 N–H and O–H groups in total.